The van der Waals surface area contributed by atoms with E-state index in [2.05, 4.69) is 4.98 Å². The van der Waals surface area contributed by atoms with Crippen LogP contribution in [-0.2, 0) is 24.3 Å². The lowest BCUT2D eigenvalue weighted by Gasteiger charge is -2.05. The van der Waals surface area contributed by atoms with Crippen LogP contribution >= 0.6 is 0 Å². The van der Waals surface area contributed by atoms with Crippen LogP contribution in [0, 0.1) is 5.82 Å². The molecule has 0 bridgehead atoms. The number of aromatic carboxylic acids is 1. The Balaban J connectivity index is 2.15. The average molecular weight is 296 g/mol. The number of rotatable bonds is 5. The molecule has 5 nitrogen and oxygen atoms in total. The van der Waals surface area contributed by atoms with Crippen molar-refractivity contribution >= 4 is 16.8 Å². The Morgan fingerprint density at radius 3 is 2.85 bits per heavy atom. The summed E-state index contributed by atoms with van der Waals surface area (Å²) in [6, 6.07) is 3.29. The zero-order chi connectivity index (χ0) is 14.7. The number of hydrogen-bond acceptors (Lipinski definition) is 3. The van der Waals surface area contributed by atoms with Gasteiger partial charge in [-0.25, -0.2) is 14.2 Å². The molecule has 0 aliphatic rings. The number of aromatic nitrogens is 2. The molecule has 0 radical (unpaired) electrons. The molecule has 2 rings (SSSR count). The fourth-order valence-electron chi connectivity index (χ4n) is 1.74. The van der Waals surface area contributed by atoms with Gasteiger partial charge in [-0.15, -0.1) is 0 Å². The molecule has 0 spiro atoms. The maximum atomic E-state index is 13.6. The maximum Gasteiger partial charge on any atom is 0.335 e. The second-order valence-electron chi connectivity index (χ2n) is 4.20. The summed E-state index contributed by atoms with van der Waals surface area (Å²) in [6.45, 7) is 0. The Bertz CT molecular complexity index is 669. The van der Waals surface area contributed by atoms with Gasteiger partial charge in [-0.05, 0) is 18.2 Å². The van der Waals surface area contributed by atoms with Gasteiger partial charge in [0.25, 0.3) is 0 Å². The summed E-state index contributed by atoms with van der Waals surface area (Å²) in [7, 11) is 0.210. The lowest BCUT2D eigenvalue weighted by Crippen LogP contribution is -2.08. The molecule has 1 heterocycles. The van der Waals surface area contributed by atoms with Gasteiger partial charge in [0.1, 0.15) is 11.6 Å². The van der Waals surface area contributed by atoms with Crippen LogP contribution in [0.25, 0.3) is 0 Å². The predicted octanol–water partition coefficient (Wildman–Crippen LogP) is 1.61. The van der Waals surface area contributed by atoms with Crippen LogP contribution in [0.5, 0.6) is 0 Å². The van der Waals surface area contributed by atoms with Gasteiger partial charge in [-0.2, -0.15) is 0 Å². The number of aryl methyl sites for hydroxylation is 2. The largest absolute Gasteiger partial charge is 0.478 e. The van der Waals surface area contributed by atoms with E-state index in [1.165, 1.54) is 0 Å². The molecule has 0 saturated carbocycles. The third kappa shape index (κ3) is 3.11. The maximum absolute atomic E-state index is 13.6. The second kappa shape index (κ2) is 5.96. The van der Waals surface area contributed by atoms with E-state index >= 15 is 0 Å². The first-order valence-corrected chi connectivity index (χ1v) is 7.18. The van der Waals surface area contributed by atoms with Gasteiger partial charge >= 0.3 is 5.97 Å². The van der Waals surface area contributed by atoms with Crippen molar-refractivity contribution in [3.8, 4) is 0 Å². The van der Waals surface area contributed by atoms with Crippen LogP contribution in [0.2, 0.25) is 0 Å². The lowest BCUT2D eigenvalue weighted by atomic mass is 10.2. The van der Waals surface area contributed by atoms with Crippen molar-refractivity contribution < 1.29 is 18.5 Å². The average Bonchev–Trinajstić information content (AvgIpc) is 2.81. The Hall–Kier alpha value is -2.02. The van der Waals surface area contributed by atoms with E-state index in [0.29, 0.717) is 6.42 Å². The van der Waals surface area contributed by atoms with Crippen LogP contribution in [0.1, 0.15) is 16.2 Å². The molecule has 0 fully saturated rings. The second-order valence-corrected chi connectivity index (χ2v) is 5.74. The van der Waals surface area contributed by atoms with Crippen molar-refractivity contribution in [1.82, 2.24) is 9.55 Å². The molecule has 106 valence electrons. The van der Waals surface area contributed by atoms with Gasteiger partial charge in [-0.1, -0.05) is 0 Å². The molecule has 7 heteroatoms. The molecule has 1 aromatic heterocycles. The Morgan fingerprint density at radius 1 is 1.50 bits per heavy atom. The number of benzene rings is 1. The molecule has 1 N–H and O–H groups in total. The molecular formula is C13H13FN2O3S. The molecular weight excluding hydrogens is 283 g/mol. The summed E-state index contributed by atoms with van der Waals surface area (Å²) in [4.78, 5) is 14.8. The highest BCUT2D eigenvalue weighted by Gasteiger charge is 2.14. The number of carboxylic acid groups (broad SMARTS) is 1. The van der Waals surface area contributed by atoms with Gasteiger partial charge in [-0.3, -0.25) is 4.21 Å². The number of hydrogen-bond donors (Lipinski definition) is 1. The lowest BCUT2D eigenvalue weighted by molar-refractivity contribution is 0.0696. The molecule has 20 heavy (non-hydrogen) atoms. The van der Waals surface area contributed by atoms with Crippen molar-refractivity contribution in [2.45, 2.75) is 11.3 Å². The van der Waals surface area contributed by atoms with Crippen LogP contribution < -0.4 is 0 Å². The van der Waals surface area contributed by atoms with E-state index in [-0.39, 0.29) is 16.2 Å². The summed E-state index contributed by atoms with van der Waals surface area (Å²) in [6.07, 6.45) is 3.82. The summed E-state index contributed by atoms with van der Waals surface area (Å²) in [5.41, 5.74) is -0.0771. The standard InChI is InChI=1S/C13H13FN2O3S/c1-16-6-5-15-12(16)4-7-20(19)11-8-9(13(17)18)2-3-10(11)14/h2-3,5-6,8H,4,7H2,1H3,(H,17,18). The molecule has 0 aliphatic heterocycles. The van der Waals surface area contributed by atoms with Gasteiger partial charge < -0.3 is 9.67 Å². The molecule has 1 unspecified atom stereocenters. The summed E-state index contributed by atoms with van der Waals surface area (Å²) >= 11 is 0. The van der Waals surface area contributed by atoms with Gasteiger partial charge in [0.05, 0.1) is 21.3 Å². The Kier molecular flexibility index (Phi) is 4.29. The topological polar surface area (TPSA) is 72.2 Å². The fraction of sp³-hybridized carbons (Fsp3) is 0.231. The van der Waals surface area contributed by atoms with Gasteiger partial charge in [0.15, 0.2) is 0 Å². The molecule has 0 amide bonds. The minimum absolute atomic E-state index is 0.0771. The van der Waals surface area contributed by atoms with Crippen molar-refractivity contribution in [1.29, 1.82) is 0 Å². The van der Waals surface area contributed by atoms with E-state index in [4.69, 9.17) is 5.11 Å². The number of imidazole rings is 1. The first-order valence-electron chi connectivity index (χ1n) is 5.86. The third-order valence-corrected chi connectivity index (χ3v) is 4.23. The number of carboxylic acids is 1. The zero-order valence-corrected chi connectivity index (χ0v) is 11.6. The molecule has 2 aromatic rings. The predicted molar refractivity (Wildman–Crippen MR) is 71.5 cm³/mol. The zero-order valence-electron chi connectivity index (χ0n) is 10.7. The Labute approximate surface area is 117 Å². The summed E-state index contributed by atoms with van der Waals surface area (Å²) in [5.74, 6) is -0.904. The molecule has 0 saturated heterocycles. The normalized spacial score (nSPS) is 12.3. The highest BCUT2D eigenvalue weighted by atomic mass is 32.2. The van der Waals surface area contributed by atoms with Crippen molar-refractivity contribution in [3.05, 3.63) is 47.8 Å². The van der Waals surface area contributed by atoms with E-state index in [1.54, 1.807) is 17.0 Å². The smallest absolute Gasteiger partial charge is 0.335 e. The number of nitrogens with zero attached hydrogens (tertiary/aromatic N) is 2. The molecule has 1 atom stereocenters. The van der Waals surface area contributed by atoms with Crippen LogP contribution in [0.15, 0.2) is 35.5 Å². The molecule has 1 aromatic carbocycles. The number of carbonyl (C=O) groups is 1. The highest BCUT2D eigenvalue weighted by molar-refractivity contribution is 7.85. The highest BCUT2D eigenvalue weighted by Crippen LogP contribution is 2.16. The Morgan fingerprint density at radius 2 is 2.25 bits per heavy atom. The summed E-state index contributed by atoms with van der Waals surface area (Å²) < 4.78 is 27.5. The van der Waals surface area contributed by atoms with Crippen molar-refractivity contribution in [3.63, 3.8) is 0 Å². The minimum Gasteiger partial charge on any atom is -0.478 e. The van der Waals surface area contributed by atoms with E-state index < -0.39 is 22.6 Å². The first kappa shape index (κ1) is 14.4. The van der Waals surface area contributed by atoms with Crippen LogP contribution in [0.3, 0.4) is 0 Å². The van der Waals surface area contributed by atoms with E-state index in [1.807, 2.05) is 7.05 Å². The summed E-state index contributed by atoms with van der Waals surface area (Å²) in [5, 5.41) is 8.86. The monoisotopic (exact) mass is 296 g/mol. The van der Waals surface area contributed by atoms with E-state index in [0.717, 1.165) is 24.0 Å². The van der Waals surface area contributed by atoms with Crippen LogP contribution in [0.4, 0.5) is 4.39 Å². The SMILES string of the molecule is Cn1ccnc1CCS(=O)c1cc(C(=O)O)ccc1F. The van der Waals surface area contributed by atoms with E-state index in [9.17, 15) is 13.4 Å². The van der Waals surface area contributed by atoms with Crippen molar-refractivity contribution in [2.24, 2.45) is 7.05 Å². The third-order valence-electron chi connectivity index (χ3n) is 2.86. The van der Waals surface area contributed by atoms with Gasteiger partial charge in [0.2, 0.25) is 0 Å². The fourth-order valence-corrected chi connectivity index (χ4v) is 2.87. The number of halogens is 1. The van der Waals surface area contributed by atoms with Gasteiger partial charge in [0, 0.05) is 31.6 Å². The van der Waals surface area contributed by atoms with Crippen LogP contribution in [-0.4, -0.2) is 30.6 Å². The molecule has 0 aliphatic carbocycles. The quantitative estimate of drug-likeness (QED) is 0.910. The van der Waals surface area contributed by atoms with Crippen molar-refractivity contribution in [2.75, 3.05) is 5.75 Å². The first-order chi connectivity index (χ1) is 9.49. The minimum atomic E-state index is -1.61.